The van der Waals surface area contributed by atoms with Gasteiger partial charge in [-0.3, -0.25) is 4.79 Å². The van der Waals surface area contributed by atoms with Gasteiger partial charge in [-0.25, -0.2) is 0 Å². The largest absolute Gasteiger partial charge is 0.466 e. The molecule has 150 valence electrons. The summed E-state index contributed by atoms with van der Waals surface area (Å²) >= 11 is 0. The fraction of sp³-hybridized carbons (Fsp3) is 0.864. The number of aliphatic hydroxyl groups excluding tert-OH is 1. The zero-order valence-corrected chi connectivity index (χ0v) is 16.7. The molecule has 0 aromatic heterocycles. The van der Waals surface area contributed by atoms with Gasteiger partial charge in [-0.2, -0.15) is 0 Å². The normalized spacial score (nSPS) is 31.3. The fourth-order valence-electron chi connectivity index (χ4n) is 4.46. The number of hydrogen-bond donors (Lipinski definition) is 1. The Morgan fingerprint density at radius 1 is 1.19 bits per heavy atom. The Hall–Kier alpha value is -0.870. The number of rotatable bonds is 11. The van der Waals surface area contributed by atoms with Crippen LogP contribution < -0.4 is 0 Å². The van der Waals surface area contributed by atoms with Gasteiger partial charge in [-0.05, 0) is 51.4 Å². The van der Waals surface area contributed by atoms with Crippen LogP contribution in [0.25, 0.3) is 0 Å². The Labute approximate surface area is 159 Å². The van der Waals surface area contributed by atoms with Crippen LogP contribution in [0.2, 0.25) is 0 Å². The Morgan fingerprint density at radius 2 is 2.04 bits per heavy atom. The van der Waals surface area contributed by atoms with Crippen LogP contribution in [0.15, 0.2) is 12.2 Å². The van der Waals surface area contributed by atoms with Crippen LogP contribution in [0.3, 0.4) is 0 Å². The van der Waals surface area contributed by atoms with Crippen molar-refractivity contribution in [2.45, 2.75) is 103 Å². The molecule has 4 heteroatoms. The lowest BCUT2D eigenvalue weighted by atomic mass is 9.85. The Bertz CT molecular complexity index is 434. The zero-order valence-electron chi connectivity index (χ0n) is 16.7. The highest BCUT2D eigenvalue weighted by Gasteiger charge is 2.44. The number of ether oxygens (including phenoxy) is 2. The molecule has 1 saturated carbocycles. The van der Waals surface area contributed by atoms with Gasteiger partial charge >= 0.3 is 5.97 Å². The molecule has 0 radical (unpaired) electrons. The molecule has 0 aromatic rings. The first kappa shape index (κ1) is 21.4. The van der Waals surface area contributed by atoms with Crippen molar-refractivity contribution >= 4 is 5.97 Å². The SMILES string of the molecule is CCCCCC/C=C/[C@@H]1[C@H]2CCC(CCCC(=O)OCC)O[C@@H]2C[C@H]1O. The number of allylic oxidation sites excluding steroid dienone is 1. The van der Waals surface area contributed by atoms with Gasteiger partial charge in [-0.15, -0.1) is 0 Å². The van der Waals surface area contributed by atoms with Gasteiger partial charge in [-0.1, -0.05) is 38.3 Å². The molecule has 0 spiro atoms. The Balaban J connectivity index is 1.70. The lowest BCUT2D eigenvalue weighted by Gasteiger charge is -2.34. The first-order valence-corrected chi connectivity index (χ1v) is 10.8. The van der Waals surface area contributed by atoms with Crippen LogP contribution >= 0.6 is 0 Å². The highest BCUT2D eigenvalue weighted by atomic mass is 16.5. The molecule has 0 bridgehead atoms. The predicted octanol–water partition coefficient (Wildman–Crippen LogP) is 4.79. The van der Waals surface area contributed by atoms with Gasteiger partial charge in [0.2, 0.25) is 0 Å². The van der Waals surface area contributed by atoms with Crippen LogP contribution in [-0.2, 0) is 14.3 Å². The average molecular weight is 367 g/mol. The third kappa shape index (κ3) is 6.70. The minimum Gasteiger partial charge on any atom is -0.466 e. The maximum atomic E-state index is 11.4. The van der Waals surface area contributed by atoms with Crippen molar-refractivity contribution in [3.05, 3.63) is 12.2 Å². The molecular formula is C22H38O4. The molecule has 1 saturated heterocycles. The van der Waals surface area contributed by atoms with Crippen molar-refractivity contribution < 1.29 is 19.4 Å². The minimum atomic E-state index is -0.268. The van der Waals surface area contributed by atoms with E-state index < -0.39 is 0 Å². The van der Waals surface area contributed by atoms with Gasteiger partial charge in [0.15, 0.2) is 0 Å². The summed E-state index contributed by atoms with van der Waals surface area (Å²) < 4.78 is 11.2. The van der Waals surface area contributed by atoms with Crippen LogP contribution in [0.1, 0.15) is 84.5 Å². The van der Waals surface area contributed by atoms with Crippen LogP contribution in [0.5, 0.6) is 0 Å². The van der Waals surface area contributed by atoms with Crippen molar-refractivity contribution in [3.8, 4) is 0 Å². The van der Waals surface area contributed by atoms with E-state index in [0.29, 0.717) is 18.9 Å². The number of carbonyl (C=O) groups excluding carboxylic acids is 1. The standard InChI is InChI=1S/C22H38O4/c1-3-5-6-7-8-9-12-18-19-15-14-17(26-21(19)16-20(18)23)11-10-13-22(24)25-4-2/h9,12,17-21,23H,3-8,10-11,13-16H2,1-2H3/b12-9+/t17?,18-,19-,20-,21-/m1/s1. The van der Waals surface area contributed by atoms with Gasteiger partial charge in [0.25, 0.3) is 0 Å². The molecule has 1 heterocycles. The number of fused-ring (bicyclic) bond motifs is 1. The molecule has 1 aliphatic carbocycles. The monoisotopic (exact) mass is 366 g/mol. The topological polar surface area (TPSA) is 55.8 Å². The van der Waals surface area contributed by atoms with Crippen molar-refractivity contribution in [1.29, 1.82) is 0 Å². The molecule has 5 atom stereocenters. The quantitative estimate of drug-likeness (QED) is 0.324. The first-order chi connectivity index (χ1) is 12.7. The number of hydrogen-bond acceptors (Lipinski definition) is 4. The summed E-state index contributed by atoms with van der Waals surface area (Å²) in [6.07, 6.45) is 16.1. The fourth-order valence-corrected chi connectivity index (χ4v) is 4.46. The lowest BCUT2D eigenvalue weighted by Crippen LogP contribution is -2.33. The molecular weight excluding hydrogens is 328 g/mol. The summed E-state index contributed by atoms with van der Waals surface area (Å²) in [5.41, 5.74) is 0. The molecule has 1 unspecified atom stereocenters. The number of esters is 1. The summed E-state index contributed by atoms with van der Waals surface area (Å²) in [6, 6.07) is 0. The van der Waals surface area contributed by atoms with E-state index in [1.807, 2.05) is 6.92 Å². The van der Waals surface area contributed by atoms with Gasteiger partial charge < -0.3 is 14.6 Å². The lowest BCUT2D eigenvalue weighted by molar-refractivity contribution is -0.143. The molecule has 2 rings (SSSR count). The first-order valence-electron chi connectivity index (χ1n) is 10.8. The van der Waals surface area contributed by atoms with Gasteiger partial charge in [0.05, 0.1) is 24.9 Å². The molecule has 1 N–H and O–H groups in total. The number of unbranched alkanes of at least 4 members (excludes halogenated alkanes) is 4. The van der Waals surface area contributed by atoms with E-state index in [1.54, 1.807) is 0 Å². The molecule has 2 fully saturated rings. The molecule has 2 aliphatic rings. The number of aliphatic hydroxyl groups is 1. The maximum absolute atomic E-state index is 11.4. The van der Waals surface area contributed by atoms with E-state index >= 15 is 0 Å². The summed E-state index contributed by atoms with van der Waals surface area (Å²) in [7, 11) is 0. The van der Waals surface area contributed by atoms with Gasteiger partial charge in [0, 0.05) is 18.8 Å². The summed E-state index contributed by atoms with van der Waals surface area (Å²) in [4.78, 5) is 11.4. The smallest absolute Gasteiger partial charge is 0.305 e. The van der Waals surface area contributed by atoms with E-state index in [4.69, 9.17) is 9.47 Å². The second kappa shape index (κ2) is 11.8. The molecule has 0 aromatic carbocycles. The summed E-state index contributed by atoms with van der Waals surface area (Å²) in [5, 5.41) is 10.5. The highest BCUT2D eigenvalue weighted by Crippen LogP contribution is 2.43. The zero-order chi connectivity index (χ0) is 18.8. The third-order valence-electron chi connectivity index (χ3n) is 5.87. The van der Waals surface area contributed by atoms with Crippen LogP contribution in [0, 0.1) is 11.8 Å². The van der Waals surface area contributed by atoms with Crippen molar-refractivity contribution in [1.82, 2.24) is 0 Å². The van der Waals surface area contributed by atoms with Crippen molar-refractivity contribution in [3.63, 3.8) is 0 Å². The third-order valence-corrected chi connectivity index (χ3v) is 5.87. The number of carbonyl (C=O) groups is 1. The van der Waals surface area contributed by atoms with Gasteiger partial charge in [0.1, 0.15) is 0 Å². The second-order valence-electron chi connectivity index (χ2n) is 7.89. The Morgan fingerprint density at radius 3 is 2.81 bits per heavy atom. The van der Waals surface area contributed by atoms with E-state index in [1.165, 1.54) is 25.7 Å². The molecule has 0 amide bonds. The van der Waals surface area contributed by atoms with E-state index in [-0.39, 0.29) is 30.2 Å². The minimum absolute atomic E-state index is 0.110. The van der Waals surface area contributed by atoms with Crippen LogP contribution in [0.4, 0.5) is 0 Å². The van der Waals surface area contributed by atoms with Crippen molar-refractivity contribution in [2.75, 3.05) is 6.61 Å². The molecule has 4 nitrogen and oxygen atoms in total. The highest BCUT2D eigenvalue weighted by molar-refractivity contribution is 5.69. The molecule has 1 aliphatic heterocycles. The van der Waals surface area contributed by atoms with E-state index in [9.17, 15) is 9.90 Å². The summed E-state index contributed by atoms with van der Waals surface area (Å²) in [5.74, 6) is 0.603. The summed E-state index contributed by atoms with van der Waals surface area (Å²) in [6.45, 7) is 4.52. The van der Waals surface area contributed by atoms with Crippen molar-refractivity contribution in [2.24, 2.45) is 11.8 Å². The predicted molar refractivity (Wildman–Crippen MR) is 104 cm³/mol. The Kier molecular flexibility index (Phi) is 9.69. The average Bonchev–Trinajstić information content (AvgIpc) is 2.93. The second-order valence-corrected chi connectivity index (χ2v) is 7.89. The molecule has 26 heavy (non-hydrogen) atoms. The van der Waals surface area contributed by atoms with E-state index in [0.717, 1.165) is 38.5 Å². The maximum Gasteiger partial charge on any atom is 0.305 e. The van der Waals surface area contributed by atoms with Crippen LogP contribution in [-0.4, -0.2) is 36.0 Å². The van der Waals surface area contributed by atoms with E-state index in [2.05, 4.69) is 19.1 Å².